The van der Waals surface area contributed by atoms with Crippen LogP contribution in [0, 0.1) is 5.92 Å². The van der Waals surface area contributed by atoms with Crippen LogP contribution in [-0.2, 0) is 4.79 Å². The zero-order valence-corrected chi connectivity index (χ0v) is 13.2. The Hall–Kier alpha value is -0.810. The smallest absolute Gasteiger partial charge is 0.216 e. The summed E-state index contributed by atoms with van der Waals surface area (Å²) < 4.78 is 0.917. The van der Waals surface area contributed by atoms with Gasteiger partial charge in [0.15, 0.2) is 0 Å². The van der Waals surface area contributed by atoms with Crippen molar-refractivity contribution >= 4 is 39.3 Å². The van der Waals surface area contributed by atoms with Crippen molar-refractivity contribution in [1.82, 2.24) is 10.3 Å². The molecule has 1 N–H and O–H groups in total. The number of hydrogen-bond donors (Lipinski definition) is 1. The van der Waals surface area contributed by atoms with E-state index in [4.69, 9.17) is 11.6 Å². The van der Waals surface area contributed by atoms with Crippen LogP contribution in [0.1, 0.15) is 19.8 Å². The fraction of sp³-hybridized carbons (Fsp3) is 0.538. The summed E-state index contributed by atoms with van der Waals surface area (Å²) in [5.41, 5.74) is 0. The molecule has 0 spiro atoms. The molecule has 0 saturated carbocycles. The first-order valence-corrected chi connectivity index (χ1v) is 7.54. The Kier molecular flexibility index (Phi) is 5.05. The van der Waals surface area contributed by atoms with Crippen molar-refractivity contribution in [3.8, 4) is 0 Å². The van der Waals surface area contributed by atoms with Crippen LogP contribution in [0.5, 0.6) is 0 Å². The Balaban J connectivity index is 2.02. The highest BCUT2D eigenvalue weighted by atomic mass is 79.9. The van der Waals surface area contributed by atoms with E-state index in [9.17, 15) is 4.79 Å². The van der Waals surface area contributed by atoms with Gasteiger partial charge in [0.25, 0.3) is 0 Å². The largest absolute Gasteiger partial charge is 0.356 e. The molecule has 1 saturated heterocycles. The predicted octanol–water partition coefficient (Wildman–Crippen LogP) is 2.85. The van der Waals surface area contributed by atoms with Crippen LogP contribution >= 0.6 is 27.5 Å². The number of pyridine rings is 1. The van der Waals surface area contributed by atoms with Gasteiger partial charge < -0.3 is 10.2 Å². The second-order valence-corrected chi connectivity index (χ2v) is 6.14. The van der Waals surface area contributed by atoms with Gasteiger partial charge in [-0.25, -0.2) is 4.98 Å². The second kappa shape index (κ2) is 6.57. The number of halogens is 2. The number of rotatable bonds is 3. The number of piperidine rings is 1. The molecule has 1 atom stereocenters. The number of amides is 1. The molecule has 0 aliphatic carbocycles. The SMILES string of the molecule is CC(=O)NC[C@@H]1CCCN(c2ncc(Cl)cc2Br)C1. The van der Waals surface area contributed by atoms with E-state index in [-0.39, 0.29) is 5.91 Å². The molecule has 104 valence electrons. The van der Waals surface area contributed by atoms with Gasteiger partial charge >= 0.3 is 0 Å². The van der Waals surface area contributed by atoms with E-state index in [1.54, 1.807) is 13.1 Å². The van der Waals surface area contributed by atoms with Crippen LogP contribution in [0.3, 0.4) is 0 Å². The number of carbonyl (C=O) groups excluding carboxylic acids is 1. The van der Waals surface area contributed by atoms with Crippen molar-refractivity contribution in [2.75, 3.05) is 24.5 Å². The molecule has 2 rings (SSSR count). The van der Waals surface area contributed by atoms with Gasteiger partial charge in [-0.3, -0.25) is 4.79 Å². The summed E-state index contributed by atoms with van der Waals surface area (Å²) in [6.07, 6.45) is 3.92. The number of nitrogens with one attached hydrogen (secondary N) is 1. The predicted molar refractivity (Wildman–Crippen MR) is 80.6 cm³/mol. The van der Waals surface area contributed by atoms with E-state index < -0.39 is 0 Å². The number of carbonyl (C=O) groups is 1. The average Bonchev–Trinajstić information content (AvgIpc) is 2.36. The average molecular weight is 347 g/mol. The molecule has 2 heterocycles. The monoisotopic (exact) mass is 345 g/mol. The van der Waals surface area contributed by atoms with Gasteiger partial charge in [0.05, 0.1) is 9.50 Å². The molecule has 0 unspecified atom stereocenters. The number of hydrogen-bond acceptors (Lipinski definition) is 3. The molecular weight excluding hydrogens is 330 g/mol. The summed E-state index contributed by atoms with van der Waals surface area (Å²) in [6.45, 7) is 4.19. The Morgan fingerprint density at radius 3 is 3.16 bits per heavy atom. The Morgan fingerprint density at radius 1 is 1.68 bits per heavy atom. The van der Waals surface area contributed by atoms with E-state index in [0.717, 1.165) is 42.8 Å². The first kappa shape index (κ1) is 14.6. The van der Waals surface area contributed by atoms with Gasteiger partial charge in [-0.05, 0) is 40.8 Å². The Bertz CT molecular complexity index is 469. The normalized spacial score (nSPS) is 19.3. The summed E-state index contributed by atoms with van der Waals surface area (Å²) in [5, 5.41) is 3.52. The third kappa shape index (κ3) is 4.08. The lowest BCUT2D eigenvalue weighted by molar-refractivity contribution is -0.119. The number of aromatic nitrogens is 1. The third-order valence-corrected chi connectivity index (χ3v) is 4.04. The zero-order chi connectivity index (χ0) is 13.8. The van der Waals surface area contributed by atoms with Crippen LogP contribution < -0.4 is 10.2 Å². The van der Waals surface area contributed by atoms with Crippen LogP contribution in [0.15, 0.2) is 16.7 Å². The maximum Gasteiger partial charge on any atom is 0.216 e. The lowest BCUT2D eigenvalue weighted by atomic mass is 9.98. The highest BCUT2D eigenvalue weighted by molar-refractivity contribution is 9.10. The van der Waals surface area contributed by atoms with Crippen molar-refractivity contribution in [3.63, 3.8) is 0 Å². The van der Waals surface area contributed by atoms with Crippen molar-refractivity contribution in [1.29, 1.82) is 0 Å². The van der Waals surface area contributed by atoms with E-state index >= 15 is 0 Å². The maximum absolute atomic E-state index is 11.0. The van der Waals surface area contributed by atoms with E-state index in [2.05, 4.69) is 31.1 Å². The lowest BCUT2D eigenvalue weighted by Gasteiger charge is -2.34. The first-order valence-electron chi connectivity index (χ1n) is 6.36. The third-order valence-electron chi connectivity index (χ3n) is 3.25. The minimum absolute atomic E-state index is 0.0305. The quantitative estimate of drug-likeness (QED) is 0.915. The number of nitrogens with zero attached hydrogens (tertiary/aromatic N) is 2. The van der Waals surface area contributed by atoms with E-state index in [1.807, 2.05) is 6.07 Å². The van der Waals surface area contributed by atoms with Crippen LogP contribution in [0.2, 0.25) is 5.02 Å². The molecule has 1 aliphatic heterocycles. The van der Waals surface area contributed by atoms with Crippen LogP contribution in [0.25, 0.3) is 0 Å². The summed E-state index contributed by atoms with van der Waals surface area (Å²) in [5.74, 6) is 1.43. The first-order chi connectivity index (χ1) is 9.06. The molecule has 0 radical (unpaired) electrons. The van der Waals surface area contributed by atoms with Crippen molar-refractivity contribution < 1.29 is 4.79 Å². The molecule has 0 bridgehead atoms. The highest BCUT2D eigenvalue weighted by Crippen LogP contribution is 2.29. The summed E-state index contributed by atoms with van der Waals surface area (Å²) in [7, 11) is 0. The zero-order valence-electron chi connectivity index (χ0n) is 10.8. The minimum Gasteiger partial charge on any atom is -0.356 e. The molecule has 1 amide bonds. The van der Waals surface area contributed by atoms with E-state index in [0.29, 0.717) is 10.9 Å². The molecule has 1 fully saturated rings. The molecule has 1 aromatic rings. The summed E-state index contributed by atoms with van der Waals surface area (Å²) in [4.78, 5) is 17.6. The van der Waals surface area contributed by atoms with Gasteiger partial charge in [0, 0.05) is 32.8 Å². The van der Waals surface area contributed by atoms with Gasteiger partial charge in [-0.15, -0.1) is 0 Å². The fourth-order valence-corrected chi connectivity index (χ4v) is 3.24. The molecule has 0 aromatic carbocycles. The Morgan fingerprint density at radius 2 is 2.47 bits per heavy atom. The van der Waals surface area contributed by atoms with Gasteiger partial charge in [-0.1, -0.05) is 11.6 Å². The summed E-state index contributed by atoms with van der Waals surface area (Å²) >= 11 is 9.42. The fourth-order valence-electron chi connectivity index (χ4n) is 2.35. The molecular formula is C13H17BrClN3O. The second-order valence-electron chi connectivity index (χ2n) is 4.85. The maximum atomic E-state index is 11.0. The number of anilines is 1. The lowest BCUT2D eigenvalue weighted by Crippen LogP contribution is -2.41. The summed E-state index contributed by atoms with van der Waals surface area (Å²) in [6, 6.07) is 1.86. The highest BCUT2D eigenvalue weighted by Gasteiger charge is 2.22. The van der Waals surface area contributed by atoms with E-state index in [1.165, 1.54) is 0 Å². The van der Waals surface area contributed by atoms with Crippen molar-refractivity contribution in [2.24, 2.45) is 5.92 Å². The molecule has 19 heavy (non-hydrogen) atoms. The van der Waals surface area contributed by atoms with Gasteiger partial charge in [0.1, 0.15) is 5.82 Å². The molecule has 4 nitrogen and oxygen atoms in total. The van der Waals surface area contributed by atoms with Gasteiger partial charge in [-0.2, -0.15) is 0 Å². The Labute approximate surface area is 126 Å². The van der Waals surface area contributed by atoms with Crippen LogP contribution in [0.4, 0.5) is 5.82 Å². The molecule has 1 aromatic heterocycles. The topological polar surface area (TPSA) is 45.2 Å². The molecule has 6 heteroatoms. The van der Waals surface area contributed by atoms with Crippen molar-refractivity contribution in [2.45, 2.75) is 19.8 Å². The standard InChI is InChI=1S/C13H17BrClN3O/c1-9(19)16-6-10-3-2-4-18(8-10)13-12(14)5-11(15)7-17-13/h5,7,10H,2-4,6,8H2,1H3,(H,16,19)/t10-/m0/s1. The van der Waals surface area contributed by atoms with Gasteiger partial charge in [0.2, 0.25) is 5.91 Å². The molecule has 1 aliphatic rings. The minimum atomic E-state index is 0.0305. The van der Waals surface area contributed by atoms with Crippen molar-refractivity contribution in [3.05, 3.63) is 21.8 Å². The van der Waals surface area contributed by atoms with Crippen LogP contribution in [-0.4, -0.2) is 30.5 Å².